The highest BCUT2D eigenvalue weighted by molar-refractivity contribution is 9.10. The fourth-order valence-electron chi connectivity index (χ4n) is 1.47. The molecule has 1 amide bonds. The minimum absolute atomic E-state index is 0.000372. The van der Waals surface area contributed by atoms with Gasteiger partial charge in [0.15, 0.2) is 0 Å². The largest absolute Gasteiger partial charge is 0.325 e. The predicted molar refractivity (Wildman–Crippen MR) is 75.2 cm³/mol. The summed E-state index contributed by atoms with van der Waals surface area (Å²) in [6.45, 7) is 3.44. The maximum atomic E-state index is 11.6. The average Bonchev–Trinajstić information content (AvgIpc) is 2.29. The first-order valence-corrected chi connectivity index (χ1v) is 6.78. The third-order valence-corrected chi connectivity index (χ3v) is 2.84. The first-order chi connectivity index (χ1) is 8.22. The molecule has 0 saturated heterocycles. The van der Waals surface area contributed by atoms with E-state index in [0.29, 0.717) is 6.54 Å². The van der Waals surface area contributed by atoms with Crippen LogP contribution in [0.2, 0.25) is 0 Å². The first kappa shape index (κ1) is 14.2. The van der Waals surface area contributed by atoms with E-state index in [4.69, 9.17) is 0 Å². The second-order valence-electron chi connectivity index (χ2n) is 3.94. The lowest BCUT2D eigenvalue weighted by atomic mass is 10.2. The SMILES string of the molecule is CCCCCNCC(=O)Nc1cccc(Br)c1. The van der Waals surface area contributed by atoms with Crippen molar-refractivity contribution in [3.8, 4) is 0 Å². The highest BCUT2D eigenvalue weighted by Gasteiger charge is 2.01. The van der Waals surface area contributed by atoms with Gasteiger partial charge in [-0.15, -0.1) is 0 Å². The third-order valence-electron chi connectivity index (χ3n) is 2.35. The van der Waals surface area contributed by atoms with Gasteiger partial charge in [-0.1, -0.05) is 41.8 Å². The van der Waals surface area contributed by atoms with Crippen molar-refractivity contribution in [1.29, 1.82) is 0 Å². The van der Waals surface area contributed by atoms with Crippen molar-refractivity contribution >= 4 is 27.5 Å². The molecule has 0 aromatic heterocycles. The fourth-order valence-corrected chi connectivity index (χ4v) is 1.87. The normalized spacial score (nSPS) is 10.2. The monoisotopic (exact) mass is 298 g/mol. The Morgan fingerprint density at radius 2 is 2.18 bits per heavy atom. The number of hydrogen-bond donors (Lipinski definition) is 2. The molecule has 0 saturated carbocycles. The van der Waals surface area contributed by atoms with Crippen LogP contribution in [0.3, 0.4) is 0 Å². The molecule has 2 N–H and O–H groups in total. The smallest absolute Gasteiger partial charge is 0.238 e. The minimum atomic E-state index is -0.000372. The zero-order chi connectivity index (χ0) is 12.5. The van der Waals surface area contributed by atoms with Crippen molar-refractivity contribution in [2.24, 2.45) is 0 Å². The van der Waals surface area contributed by atoms with Gasteiger partial charge in [-0.25, -0.2) is 0 Å². The van der Waals surface area contributed by atoms with Gasteiger partial charge in [0.1, 0.15) is 0 Å². The molecule has 0 spiro atoms. The van der Waals surface area contributed by atoms with Gasteiger partial charge in [-0.05, 0) is 31.2 Å². The van der Waals surface area contributed by atoms with Crippen LogP contribution in [0.1, 0.15) is 26.2 Å². The summed E-state index contributed by atoms with van der Waals surface area (Å²) in [6.07, 6.45) is 3.53. The predicted octanol–water partition coefficient (Wildman–Crippen LogP) is 3.17. The number of rotatable bonds is 7. The Hall–Kier alpha value is -0.870. The number of hydrogen-bond acceptors (Lipinski definition) is 2. The van der Waals surface area contributed by atoms with Crippen LogP contribution in [0.15, 0.2) is 28.7 Å². The average molecular weight is 299 g/mol. The van der Waals surface area contributed by atoms with E-state index in [1.54, 1.807) is 0 Å². The number of amides is 1. The molecule has 0 aliphatic carbocycles. The molecule has 0 atom stereocenters. The Morgan fingerprint density at radius 3 is 2.88 bits per heavy atom. The highest BCUT2D eigenvalue weighted by atomic mass is 79.9. The summed E-state index contributed by atoms with van der Waals surface area (Å²) in [4.78, 5) is 11.6. The Labute approximate surface area is 111 Å². The molecule has 1 aromatic rings. The zero-order valence-corrected chi connectivity index (χ0v) is 11.7. The molecule has 0 radical (unpaired) electrons. The fraction of sp³-hybridized carbons (Fsp3) is 0.462. The van der Waals surface area contributed by atoms with E-state index in [1.165, 1.54) is 12.8 Å². The van der Waals surface area contributed by atoms with Gasteiger partial charge in [0.25, 0.3) is 0 Å². The van der Waals surface area contributed by atoms with E-state index in [-0.39, 0.29) is 5.91 Å². The molecule has 0 aliphatic rings. The van der Waals surface area contributed by atoms with Crippen LogP contribution in [0.5, 0.6) is 0 Å². The molecule has 1 rings (SSSR count). The van der Waals surface area contributed by atoms with Crippen LogP contribution >= 0.6 is 15.9 Å². The minimum Gasteiger partial charge on any atom is -0.325 e. The summed E-state index contributed by atoms with van der Waals surface area (Å²) in [7, 11) is 0. The van der Waals surface area contributed by atoms with Crippen molar-refractivity contribution in [1.82, 2.24) is 5.32 Å². The molecule has 0 bridgehead atoms. The molecule has 0 fully saturated rings. The topological polar surface area (TPSA) is 41.1 Å². The van der Waals surface area contributed by atoms with Crippen LogP contribution in [-0.4, -0.2) is 19.0 Å². The molecular formula is C13H19BrN2O. The Morgan fingerprint density at radius 1 is 1.35 bits per heavy atom. The Bertz CT molecular complexity index is 355. The number of nitrogens with one attached hydrogen (secondary N) is 2. The van der Waals surface area contributed by atoms with E-state index in [0.717, 1.165) is 23.1 Å². The van der Waals surface area contributed by atoms with Gasteiger partial charge in [0, 0.05) is 10.2 Å². The standard InChI is InChI=1S/C13H19BrN2O/c1-2-3-4-8-15-10-13(17)16-12-7-5-6-11(14)9-12/h5-7,9,15H,2-4,8,10H2,1H3,(H,16,17). The van der Waals surface area contributed by atoms with Crippen molar-refractivity contribution < 1.29 is 4.79 Å². The van der Waals surface area contributed by atoms with E-state index >= 15 is 0 Å². The molecule has 3 nitrogen and oxygen atoms in total. The lowest BCUT2D eigenvalue weighted by Gasteiger charge is -2.06. The maximum Gasteiger partial charge on any atom is 0.238 e. The number of benzene rings is 1. The lowest BCUT2D eigenvalue weighted by Crippen LogP contribution is -2.28. The summed E-state index contributed by atoms with van der Waals surface area (Å²) < 4.78 is 0.964. The van der Waals surface area contributed by atoms with Crippen molar-refractivity contribution in [2.45, 2.75) is 26.2 Å². The van der Waals surface area contributed by atoms with Crippen LogP contribution in [0.4, 0.5) is 5.69 Å². The first-order valence-electron chi connectivity index (χ1n) is 5.98. The van der Waals surface area contributed by atoms with Gasteiger partial charge in [0.05, 0.1) is 6.54 Å². The van der Waals surface area contributed by atoms with E-state index in [2.05, 4.69) is 33.5 Å². The van der Waals surface area contributed by atoms with Crippen LogP contribution in [0, 0.1) is 0 Å². The third kappa shape index (κ3) is 6.44. The molecule has 1 aromatic carbocycles. The highest BCUT2D eigenvalue weighted by Crippen LogP contribution is 2.15. The number of unbranched alkanes of at least 4 members (excludes halogenated alkanes) is 2. The van der Waals surface area contributed by atoms with Gasteiger partial charge in [-0.3, -0.25) is 4.79 Å². The molecule has 17 heavy (non-hydrogen) atoms. The van der Waals surface area contributed by atoms with Gasteiger partial charge in [0.2, 0.25) is 5.91 Å². The second-order valence-corrected chi connectivity index (χ2v) is 4.86. The quantitative estimate of drug-likeness (QED) is 0.759. The molecule has 4 heteroatoms. The lowest BCUT2D eigenvalue weighted by molar-refractivity contribution is -0.115. The van der Waals surface area contributed by atoms with Crippen molar-refractivity contribution in [3.05, 3.63) is 28.7 Å². The maximum absolute atomic E-state index is 11.6. The molecule has 94 valence electrons. The number of carbonyl (C=O) groups is 1. The Balaban J connectivity index is 2.21. The van der Waals surface area contributed by atoms with Crippen molar-refractivity contribution in [3.63, 3.8) is 0 Å². The molecule has 0 unspecified atom stereocenters. The zero-order valence-electron chi connectivity index (χ0n) is 10.1. The van der Waals surface area contributed by atoms with Gasteiger partial charge >= 0.3 is 0 Å². The van der Waals surface area contributed by atoms with E-state index in [1.807, 2.05) is 24.3 Å². The molecule has 0 aliphatic heterocycles. The van der Waals surface area contributed by atoms with Crippen LogP contribution < -0.4 is 10.6 Å². The van der Waals surface area contributed by atoms with Crippen LogP contribution in [0.25, 0.3) is 0 Å². The van der Waals surface area contributed by atoms with Gasteiger partial charge in [-0.2, -0.15) is 0 Å². The number of halogens is 1. The Kier molecular flexibility index (Phi) is 6.89. The number of carbonyl (C=O) groups excluding carboxylic acids is 1. The summed E-state index contributed by atoms with van der Waals surface area (Å²) in [5, 5.41) is 5.97. The summed E-state index contributed by atoms with van der Waals surface area (Å²) in [6, 6.07) is 7.59. The number of anilines is 1. The van der Waals surface area contributed by atoms with Crippen molar-refractivity contribution in [2.75, 3.05) is 18.4 Å². The van der Waals surface area contributed by atoms with Crippen LogP contribution in [-0.2, 0) is 4.79 Å². The summed E-state index contributed by atoms with van der Waals surface area (Å²) in [5.74, 6) is -0.000372. The molecule has 0 heterocycles. The van der Waals surface area contributed by atoms with Gasteiger partial charge < -0.3 is 10.6 Å². The van der Waals surface area contributed by atoms with E-state index in [9.17, 15) is 4.79 Å². The summed E-state index contributed by atoms with van der Waals surface area (Å²) >= 11 is 3.37. The molecular weight excluding hydrogens is 280 g/mol. The second kappa shape index (κ2) is 8.25. The summed E-state index contributed by atoms with van der Waals surface area (Å²) in [5.41, 5.74) is 0.819. The van der Waals surface area contributed by atoms with E-state index < -0.39 is 0 Å².